The van der Waals surface area contributed by atoms with Crippen molar-refractivity contribution in [2.24, 2.45) is 0 Å². The van der Waals surface area contributed by atoms with E-state index in [4.69, 9.17) is 9.47 Å². The zero-order valence-electron chi connectivity index (χ0n) is 21.5. The summed E-state index contributed by atoms with van der Waals surface area (Å²) >= 11 is 0. The quantitative estimate of drug-likeness (QED) is 0.571. The van der Waals surface area contributed by atoms with Gasteiger partial charge in [0, 0.05) is 37.6 Å². The molecule has 4 rings (SSSR count). The van der Waals surface area contributed by atoms with Gasteiger partial charge in [0.25, 0.3) is 0 Å². The molecule has 35 heavy (non-hydrogen) atoms. The van der Waals surface area contributed by atoms with Crippen LogP contribution < -0.4 is 4.74 Å². The van der Waals surface area contributed by atoms with Crippen LogP contribution in [-0.4, -0.2) is 70.5 Å². The van der Waals surface area contributed by atoms with E-state index in [1.807, 2.05) is 69.0 Å². The molecule has 1 saturated carbocycles. The summed E-state index contributed by atoms with van der Waals surface area (Å²) in [7, 11) is 0. The molecule has 190 valence electrons. The Morgan fingerprint density at radius 2 is 1.60 bits per heavy atom. The molecule has 2 fully saturated rings. The summed E-state index contributed by atoms with van der Waals surface area (Å²) in [5.41, 5.74) is -0.189. The average Bonchev–Trinajstić information content (AvgIpc) is 3.59. The Labute approximate surface area is 209 Å². The highest BCUT2D eigenvalue weighted by Crippen LogP contribution is 2.46. The minimum absolute atomic E-state index is 0.144. The van der Waals surface area contributed by atoms with Gasteiger partial charge in [0.15, 0.2) is 0 Å². The molecule has 0 bridgehead atoms. The molecule has 3 atom stereocenters. The molecule has 1 aliphatic carbocycles. The van der Waals surface area contributed by atoms with E-state index in [0.29, 0.717) is 12.5 Å². The zero-order valence-corrected chi connectivity index (χ0v) is 21.5. The molecule has 1 unspecified atom stereocenters. The van der Waals surface area contributed by atoms with Crippen LogP contribution in [0.25, 0.3) is 0 Å². The Balaban J connectivity index is 1.35. The summed E-state index contributed by atoms with van der Waals surface area (Å²) in [6.45, 7) is 10.0. The normalized spacial score (nSPS) is 22.8. The number of piperidine rings is 1. The number of ether oxygens (including phenoxy) is 2. The lowest BCUT2D eigenvalue weighted by atomic mass is 10.00. The fourth-order valence-electron chi connectivity index (χ4n) is 5.06. The van der Waals surface area contributed by atoms with Gasteiger partial charge in [-0.05, 0) is 64.7 Å². The van der Waals surface area contributed by atoms with Gasteiger partial charge >= 0.3 is 6.09 Å². The van der Waals surface area contributed by atoms with Gasteiger partial charge < -0.3 is 24.4 Å². The first-order valence-corrected chi connectivity index (χ1v) is 12.8. The summed E-state index contributed by atoms with van der Waals surface area (Å²) in [5.74, 6) is 1.13. The van der Waals surface area contributed by atoms with Gasteiger partial charge in [-0.3, -0.25) is 0 Å². The predicted molar refractivity (Wildman–Crippen MR) is 138 cm³/mol. The Morgan fingerprint density at radius 1 is 1.00 bits per heavy atom. The van der Waals surface area contributed by atoms with Gasteiger partial charge in [-0.15, -0.1) is 0 Å². The Morgan fingerprint density at radius 3 is 2.20 bits per heavy atom. The molecular weight excluding hydrogens is 440 g/mol. The molecule has 1 saturated heterocycles. The highest BCUT2D eigenvalue weighted by molar-refractivity contribution is 5.70. The van der Waals surface area contributed by atoms with Crippen LogP contribution in [0.5, 0.6) is 5.75 Å². The number of benzene rings is 2. The second kappa shape index (κ2) is 10.6. The fraction of sp³-hybridized carbons (Fsp3) is 0.552. The maximum absolute atomic E-state index is 13.3. The molecule has 1 amide bonds. The van der Waals surface area contributed by atoms with E-state index in [1.54, 1.807) is 0 Å². The molecule has 1 heterocycles. The first kappa shape index (κ1) is 25.5. The molecule has 0 aromatic heterocycles. The van der Waals surface area contributed by atoms with Crippen LogP contribution in [0.2, 0.25) is 0 Å². The summed E-state index contributed by atoms with van der Waals surface area (Å²) < 4.78 is 11.6. The maximum Gasteiger partial charge on any atom is 0.410 e. The van der Waals surface area contributed by atoms with E-state index in [0.717, 1.165) is 38.1 Å². The maximum atomic E-state index is 13.3. The number of nitrogens with zero attached hydrogens (tertiary/aromatic N) is 2. The number of aliphatic hydroxyl groups is 1. The van der Waals surface area contributed by atoms with Crippen molar-refractivity contribution in [3.63, 3.8) is 0 Å². The Hall–Kier alpha value is -2.57. The molecule has 6 nitrogen and oxygen atoms in total. The third kappa shape index (κ3) is 7.21. The van der Waals surface area contributed by atoms with Crippen molar-refractivity contribution in [2.75, 3.05) is 26.2 Å². The lowest BCUT2D eigenvalue weighted by molar-refractivity contribution is -0.0306. The number of carbonyl (C=O) groups excluding carboxylic acids is 1. The number of likely N-dealkylation sites (tertiary alicyclic amines) is 1. The summed E-state index contributed by atoms with van der Waals surface area (Å²) in [6, 6.07) is 20.4. The lowest BCUT2D eigenvalue weighted by Crippen LogP contribution is -2.53. The van der Waals surface area contributed by atoms with Crippen molar-refractivity contribution in [3.05, 3.63) is 66.2 Å². The van der Waals surface area contributed by atoms with Gasteiger partial charge in [0.05, 0.1) is 0 Å². The van der Waals surface area contributed by atoms with E-state index in [9.17, 15) is 9.90 Å². The number of rotatable bonds is 8. The zero-order chi connectivity index (χ0) is 25.1. The van der Waals surface area contributed by atoms with E-state index >= 15 is 0 Å². The minimum Gasteiger partial charge on any atom is -0.491 e. The number of β-amino-alcohol motifs (C(OH)–C–C–N with tert-alkyl or cyclic N) is 1. The topological polar surface area (TPSA) is 62.2 Å². The third-order valence-electron chi connectivity index (χ3n) is 6.75. The molecule has 6 heteroatoms. The van der Waals surface area contributed by atoms with E-state index < -0.39 is 11.2 Å². The van der Waals surface area contributed by atoms with Crippen LogP contribution in [0.3, 0.4) is 0 Å². The summed E-state index contributed by atoms with van der Waals surface area (Å²) in [6.07, 6.45) is 2.51. The summed E-state index contributed by atoms with van der Waals surface area (Å²) in [5, 5.41) is 10.9. The van der Waals surface area contributed by atoms with Crippen molar-refractivity contribution >= 4 is 6.09 Å². The molecule has 2 aliphatic rings. The summed E-state index contributed by atoms with van der Waals surface area (Å²) in [4.78, 5) is 17.6. The van der Waals surface area contributed by atoms with Crippen LogP contribution in [0, 0.1) is 0 Å². The van der Waals surface area contributed by atoms with Gasteiger partial charge in [0.1, 0.15) is 23.6 Å². The number of carbonyl (C=O) groups is 1. The number of amides is 1. The molecule has 2 aromatic rings. The third-order valence-corrected chi connectivity index (χ3v) is 6.75. The van der Waals surface area contributed by atoms with Gasteiger partial charge in [-0.2, -0.15) is 0 Å². The number of para-hydroxylation sites is 1. The SMILES string of the molecule is CC(O)(COc1ccccc1)CN1CCC(N(C(=O)OC(C)(C)C)[C@@H]2C[C@H]2c2ccccc2)CC1. The predicted octanol–water partition coefficient (Wildman–Crippen LogP) is 5.07. The van der Waals surface area contributed by atoms with Crippen LogP contribution in [0.1, 0.15) is 58.4 Å². The number of hydrogen-bond acceptors (Lipinski definition) is 5. The average molecular weight is 481 g/mol. The first-order valence-electron chi connectivity index (χ1n) is 12.8. The van der Waals surface area contributed by atoms with Crippen LogP contribution in [0.15, 0.2) is 60.7 Å². The van der Waals surface area contributed by atoms with Crippen LogP contribution in [0.4, 0.5) is 4.79 Å². The number of hydrogen-bond donors (Lipinski definition) is 1. The van der Waals surface area contributed by atoms with E-state index in [-0.39, 0.29) is 24.8 Å². The van der Waals surface area contributed by atoms with Crippen LogP contribution in [-0.2, 0) is 4.74 Å². The fourth-order valence-corrected chi connectivity index (χ4v) is 5.06. The molecule has 0 spiro atoms. The van der Waals surface area contributed by atoms with E-state index in [2.05, 4.69) is 29.2 Å². The van der Waals surface area contributed by atoms with Crippen molar-refractivity contribution in [2.45, 2.75) is 76.2 Å². The minimum atomic E-state index is -0.956. The molecular formula is C29H40N2O4. The van der Waals surface area contributed by atoms with Gasteiger partial charge in [0.2, 0.25) is 0 Å². The molecule has 1 aliphatic heterocycles. The van der Waals surface area contributed by atoms with Crippen molar-refractivity contribution in [1.29, 1.82) is 0 Å². The largest absolute Gasteiger partial charge is 0.491 e. The Kier molecular flexibility index (Phi) is 7.72. The first-order chi connectivity index (χ1) is 16.6. The highest BCUT2D eigenvalue weighted by Gasteiger charge is 2.49. The van der Waals surface area contributed by atoms with Crippen molar-refractivity contribution in [3.8, 4) is 5.75 Å². The Bertz CT molecular complexity index is 950. The monoisotopic (exact) mass is 480 g/mol. The van der Waals surface area contributed by atoms with Crippen molar-refractivity contribution in [1.82, 2.24) is 9.80 Å². The second-order valence-corrected chi connectivity index (χ2v) is 11.3. The van der Waals surface area contributed by atoms with Crippen molar-refractivity contribution < 1.29 is 19.4 Å². The highest BCUT2D eigenvalue weighted by atomic mass is 16.6. The van der Waals surface area contributed by atoms with E-state index in [1.165, 1.54) is 5.56 Å². The molecule has 1 N–H and O–H groups in total. The van der Waals surface area contributed by atoms with Gasteiger partial charge in [-0.1, -0.05) is 48.5 Å². The molecule has 2 aromatic carbocycles. The molecule has 0 radical (unpaired) electrons. The standard InChI is InChI=1S/C29H40N2O4/c1-28(2,3)35-27(32)31(26-19-25(26)22-11-7-5-8-12-22)23-15-17-30(18-16-23)20-29(4,33)21-34-24-13-9-6-10-14-24/h5-14,23,25-26,33H,15-21H2,1-4H3/t25-,26+,29?/m0/s1. The van der Waals surface area contributed by atoms with Crippen LogP contribution >= 0.6 is 0 Å². The smallest absolute Gasteiger partial charge is 0.410 e. The second-order valence-electron chi connectivity index (χ2n) is 11.3. The van der Waals surface area contributed by atoms with Gasteiger partial charge in [-0.25, -0.2) is 4.79 Å². The lowest BCUT2D eigenvalue weighted by Gasteiger charge is -2.41.